The van der Waals surface area contributed by atoms with Crippen molar-refractivity contribution in [2.45, 2.75) is 31.8 Å². The summed E-state index contributed by atoms with van der Waals surface area (Å²) in [5, 5.41) is 0. The monoisotopic (exact) mass is 296 g/mol. The molecule has 5 heteroatoms. The minimum atomic E-state index is -0.421. The van der Waals surface area contributed by atoms with Gasteiger partial charge in [0, 0.05) is 24.2 Å². The molecule has 1 aromatic rings. The van der Waals surface area contributed by atoms with Crippen LogP contribution in [0, 0.1) is 5.82 Å². The van der Waals surface area contributed by atoms with Crippen molar-refractivity contribution in [3.05, 3.63) is 29.6 Å². The van der Waals surface area contributed by atoms with Gasteiger partial charge in [-0.2, -0.15) is 0 Å². The van der Waals surface area contributed by atoms with Gasteiger partial charge in [0.1, 0.15) is 0 Å². The van der Waals surface area contributed by atoms with E-state index >= 15 is 0 Å². The van der Waals surface area contributed by atoms with Gasteiger partial charge < -0.3 is 15.2 Å². The van der Waals surface area contributed by atoms with Crippen LogP contribution in [0.3, 0.4) is 0 Å². The van der Waals surface area contributed by atoms with Crippen LogP contribution >= 0.6 is 0 Å². The molecular weight excluding hydrogens is 271 g/mol. The summed E-state index contributed by atoms with van der Waals surface area (Å²) in [4.78, 5) is 2.31. The predicted molar refractivity (Wildman–Crippen MR) is 81.0 cm³/mol. The van der Waals surface area contributed by atoms with Gasteiger partial charge in [-0.25, -0.2) is 4.39 Å². The quantitative estimate of drug-likeness (QED) is 0.906. The molecule has 2 N–H and O–H groups in total. The number of rotatable bonds is 5. The van der Waals surface area contributed by atoms with E-state index in [1.807, 2.05) is 0 Å². The van der Waals surface area contributed by atoms with Crippen molar-refractivity contribution in [3.8, 4) is 5.75 Å². The zero-order chi connectivity index (χ0) is 15.5. The summed E-state index contributed by atoms with van der Waals surface area (Å²) in [6.07, 6.45) is 0.838. The van der Waals surface area contributed by atoms with Crippen molar-refractivity contribution in [1.82, 2.24) is 4.90 Å². The molecule has 2 unspecified atom stereocenters. The van der Waals surface area contributed by atoms with Crippen LogP contribution in [0.2, 0.25) is 0 Å². The molecule has 0 aromatic heterocycles. The fourth-order valence-electron chi connectivity index (χ4n) is 2.97. The Labute approximate surface area is 126 Å². The molecule has 2 rings (SSSR count). The first kappa shape index (κ1) is 16.2. The molecule has 4 nitrogen and oxygen atoms in total. The maximum absolute atomic E-state index is 14.5. The van der Waals surface area contributed by atoms with E-state index < -0.39 is 6.04 Å². The topological polar surface area (TPSA) is 47.7 Å². The van der Waals surface area contributed by atoms with Crippen LogP contribution in [-0.2, 0) is 4.74 Å². The molecule has 1 fully saturated rings. The number of methoxy groups -OCH3 is 1. The third kappa shape index (κ3) is 3.05. The maximum Gasteiger partial charge on any atom is 0.169 e. The van der Waals surface area contributed by atoms with Gasteiger partial charge in [0.05, 0.1) is 26.4 Å². The number of morpholine rings is 1. The van der Waals surface area contributed by atoms with Crippen molar-refractivity contribution < 1.29 is 13.9 Å². The Bertz CT molecular complexity index is 477. The van der Waals surface area contributed by atoms with Crippen molar-refractivity contribution in [3.63, 3.8) is 0 Å². The summed E-state index contributed by atoms with van der Waals surface area (Å²) in [5.41, 5.74) is 6.66. The number of benzene rings is 1. The molecular formula is C16H25FN2O2. The van der Waals surface area contributed by atoms with Gasteiger partial charge in [0.2, 0.25) is 0 Å². The van der Waals surface area contributed by atoms with E-state index in [0.717, 1.165) is 19.5 Å². The summed E-state index contributed by atoms with van der Waals surface area (Å²) in [7, 11) is 1.47. The highest BCUT2D eigenvalue weighted by Gasteiger charge is 2.39. The Hall–Kier alpha value is -1.17. The number of hydrogen-bond donors (Lipinski definition) is 1. The first-order valence-corrected chi connectivity index (χ1v) is 7.45. The molecule has 0 spiro atoms. The third-order valence-electron chi connectivity index (χ3n) is 4.67. The van der Waals surface area contributed by atoms with E-state index in [1.54, 1.807) is 18.2 Å². The Kier molecular flexibility index (Phi) is 5.19. The SMILES string of the molecule is CCC(C)(C(N)c1cccc(OC)c1F)N1CCOCC1. The molecule has 1 aliphatic rings. The molecule has 1 heterocycles. The Morgan fingerprint density at radius 1 is 1.43 bits per heavy atom. The minimum Gasteiger partial charge on any atom is -0.494 e. The molecule has 0 amide bonds. The van der Waals surface area contributed by atoms with E-state index in [0.29, 0.717) is 18.8 Å². The smallest absolute Gasteiger partial charge is 0.169 e. The first-order chi connectivity index (χ1) is 10.0. The Morgan fingerprint density at radius 2 is 2.10 bits per heavy atom. The van der Waals surface area contributed by atoms with Gasteiger partial charge in [0.15, 0.2) is 11.6 Å². The number of halogens is 1. The van der Waals surface area contributed by atoms with Gasteiger partial charge in [-0.1, -0.05) is 19.1 Å². The van der Waals surface area contributed by atoms with Crippen LogP contribution in [0.15, 0.2) is 18.2 Å². The lowest BCUT2D eigenvalue weighted by Crippen LogP contribution is -2.56. The summed E-state index contributed by atoms with van der Waals surface area (Å²) < 4.78 is 25.0. The average molecular weight is 296 g/mol. The zero-order valence-electron chi connectivity index (χ0n) is 13.1. The standard InChI is InChI=1S/C16H25FN2O2/c1-4-16(2,19-8-10-21-11-9-19)15(18)12-6-5-7-13(20-3)14(12)17/h5-7,15H,4,8-11,18H2,1-3H3. The second kappa shape index (κ2) is 6.73. The average Bonchev–Trinajstić information content (AvgIpc) is 2.54. The van der Waals surface area contributed by atoms with Crippen LogP contribution in [0.1, 0.15) is 31.9 Å². The van der Waals surface area contributed by atoms with E-state index in [9.17, 15) is 4.39 Å². The summed E-state index contributed by atoms with van der Waals surface area (Å²) in [6, 6.07) is 4.73. The fraction of sp³-hybridized carbons (Fsp3) is 0.625. The van der Waals surface area contributed by atoms with Gasteiger partial charge in [-0.15, -0.1) is 0 Å². The lowest BCUT2D eigenvalue weighted by molar-refractivity contribution is -0.0281. The summed E-state index contributed by atoms with van der Waals surface area (Å²) in [5.74, 6) is -0.121. The molecule has 1 aliphatic heterocycles. The normalized spacial score (nSPS) is 20.8. The fourth-order valence-corrected chi connectivity index (χ4v) is 2.97. The van der Waals surface area contributed by atoms with Crippen molar-refractivity contribution in [2.75, 3.05) is 33.4 Å². The van der Waals surface area contributed by atoms with Gasteiger partial charge in [-0.3, -0.25) is 4.90 Å². The highest BCUT2D eigenvalue weighted by Crippen LogP contribution is 2.36. The lowest BCUT2D eigenvalue weighted by Gasteiger charge is -2.46. The Morgan fingerprint density at radius 3 is 2.67 bits per heavy atom. The second-order valence-corrected chi connectivity index (χ2v) is 5.65. The van der Waals surface area contributed by atoms with Crippen molar-refractivity contribution >= 4 is 0 Å². The highest BCUT2D eigenvalue weighted by atomic mass is 19.1. The first-order valence-electron chi connectivity index (χ1n) is 7.45. The van der Waals surface area contributed by atoms with E-state index in [-0.39, 0.29) is 17.1 Å². The van der Waals surface area contributed by atoms with Crippen LogP contribution in [0.4, 0.5) is 4.39 Å². The molecule has 118 valence electrons. The van der Waals surface area contributed by atoms with Crippen molar-refractivity contribution in [2.24, 2.45) is 5.73 Å². The van der Waals surface area contributed by atoms with Crippen molar-refractivity contribution in [1.29, 1.82) is 0 Å². The molecule has 0 bridgehead atoms. The highest BCUT2D eigenvalue weighted by molar-refractivity contribution is 5.34. The largest absolute Gasteiger partial charge is 0.494 e. The second-order valence-electron chi connectivity index (χ2n) is 5.65. The molecule has 1 saturated heterocycles. The Balaban J connectivity index is 2.33. The van der Waals surface area contributed by atoms with E-state index in [1.165, 1.54) is 7.11 Å². The van der Waals surface area contributed by atoms with Gasteiger partial charge in [-0.05, 0) is 19.4 Å². The van der Waals surface area contributed by atoms with Crippen LogP contribution in [-0.4, -0.2) is 43.9 Å². The van der Waals surface area contributed by atoms with Gasteiger partial charge in [0.25, 0.3) is 0 Å². The van der Waals surface area contributed by atoms with Gasteiger partial charge >= 0.3 is 0 Å². The molecule has 0 radical (unpaired) electrons. The number of nitrogens with two attached hydrogens (primary N) is 1. The molecule has 1 aromatic carbocycles. The zero-order valence-corrected chi connectivity index (χ0v) is 13.1. The predicted octanol–water partition coefficient (Wildman–Crippen LogP) is 2.34. The number of hydrogen-bond acceptors (Lipinski definition) is 4. The molecule has 21 heavy (non-hydrogen) atoms. The summed E-state index contributed by atoms with van der Waals surface area (Å²) in [6.45, 7) is 7.23. The minimum absolute atomic E-state index is 0.239. The lowest BCUT2D eigenvalue weighted by atomic mass is 9.83. The molecule has 0 aliphatic carbocycles. The summed E-state index contributed by atoms with van der Waals surface area (Å²) >= 11 is 0. The maximum atomic E-state index is 14.5. The van der Waals surface area contributed by atoms with E-state index in [4.69, 9.17) is 15.2 Å². The van der Waals surface area contributed by atoms with Crippen LogP contribution in [0.25, 0.3) is 0 Å². The van der Waals surface area contributed by atoms with Crippen LogP contribution in [0.5, 0.6) is 5.75 Å². The number of nitrogens with zero attached hydrogens (tertiary/aromatic N) is 1. The van der Waals surface area contributed by atoms with E-state index in [2.05, 4.69) is 18.7 Å². The molecule has 0 saturated carbocycles. The third-order valence-corrected chi connectivity index (χ3v) is 4.67. The molecule has 2 atom stereocenters. The van der Waals surface area contributed by atoms with Crippen LogP contribution < -0.4 is 10.5 Å². The number of ether oxygens (including phenoxy) is 2.